The van der Waals surface area contributed by atoms with Gasteiger partial charge in [0.1, 0.15) is 11.5 Å². The van der Waals surface area contributed by atoms with E-state index >= 15 is 0 Å². The van der Waals surface area contributed by atoms with E-state index in [-0.39, 0.29) is 5.82 Å². The Bertz CT molecular complexity index is 546. The predicted octanol–water partition coefficient (Wildman–Crippen LogP) is 3.50. The van der Waals surface area contributed by atoms with Crippen molar-refractivity contribution in [2.45, 2.75) is 25.4 Å². The Morgan fingerprint density at radius 2 is 2.22 bits per heavy atom. The second-order valence-corrected chi connectivity index (χ2v) is 5.36. The molecule has 94 valence electrons. The molecule has 1 aromatic carbocycles. The SMILES string of the molecule is Fc1cc(Br)cc(-c2ocnc2CNC2CC2)c1. The van der Waals surface area contributed by atoms with Gasteiger partial charge in [-0.2, -0.15) is 0 Å². The molecule has 0 aliphatic heterocycles. The van der Waals surface area contributed by atoms with Gasteiger partial charge in [0.2, 0.25) is 0 Å². The van der Waals surface area contributed by atoms with Crippen LogP contribution in [-0.2, 0) is 6.54 Å². The summed E-state index contributed by atoms with van der Waals surface area (Å²) < 4.78 is 19.4. The molecule has 1 aromatic heterocycles. The normalized spacial score (nSPS) is 15.0. The first-order chi connectivity index (χ1) is 8.72. The largest absolute Gasteiger partial charge is 0.443 e. The van der Waals surface area contributed by atoms with Crippen LogP contribution < -0.4 is 5.32 Å². The number of nitrogens with zero attached hydrogens (tertiary/aromatic N) is 1. The molecule has 0 radical (unpaired) electrons. The fourth-order valence-electron chi connectivity index (χ4n) is 1.84. The summed E-state index contributed by atoms with van der Waals surface area (Å²) in [5.74, 6) is 0.334. The number of aromatic nitrogens is 1. The Balaban J connectivity index is 1.87. The van der Waals surface area contributed by atoms with Crippen molar-refractivity contribution in [1.82, 2.24) is 10.3 Å². The first kappa shape index (κ1) is 11.9. The highest BCUT2D eigenvalue weighted by molar-refractivity contribution is 9.10. The van der Waals surface area contributed by atoms with E-state index < -0.39 is 0 Å². The van der Waals surface area contributed by atoms with Crippen LogP contribution in [0.5, 0.6) is 0 Å². The molecule has 3 nitrogen and oxygen atoms in total. The zero-order chi connectivity index (χ0) is 12.5. The Kier molecular flexibility index (Phi) is 3.18. The van der Waals surface area contributed by atoms with E-state index in [0.717, 1.165) is 5.69 Å². The van der Waals surface area contributed by atoms with Gasteiger partial charge in [0.05, 0.1) is 0 Å². The first-order valence-electron chi connectivity index (χ1n) is 5.84. The molecule has 1 aliphatic rings. The van der Waals surface area contributed by atoms with E-state index in [9.17, 15) is 4.39 Å². The molecule has 1 fully saturated rings. The predicted molar refractivity (Wildman–Crippen MR) is 69.5 cm³/mol. The lowest BCUT2D eigenvalue weighted by molar-refractivity contribution is 0.567. The molecule has 0 bridgehead atoms. The van der Waals surface area contributed by atoms with Gasteiger partial charge >= 0.3 is 0 Å². The topological polar surface area (TPSA) is 38.1 Å². The van der Waals surface area contributed by atoms with Gasteiger partial charge in [0.15, 0.2) is 12.2 Å². The molecule has 0 amide bonds. The molecule has 18 heavy (non-hydrogen) atoms. The molecule has 1 aliphatic carbocycles. The van der Waals surface area contributed by atoms with E-state index in [4.69, 9.17) is 4.42 Å². The van der Waals surface area contributed by atoms with E-state index in [1.807, 2.05) is 6.07 Å². The zero-order valence-electron chi connectivity index (χ0n) is 9.62. The summed E-state index contributed by atoms with van der Waals surface area (Å²) >= 11 is 3.28. The lowest BCUT2D eigenvalue weighted by Gasteiger charge is -2.03. The summed E-state index contributed by atoms with van der Waals surface area (Å²) in [6.07, 6.45) is 3.84. The van der Waals surface area contributed by atoms with Crippen LogP contribution in [0.15, 0.2) is 33.5 Å². The quantitative estimate of drug-likeness (QED) is 0.939. The highest BCUT2D eigenvalue weighted by Gasteiger charge is 2.21. The second kappa shape index (κ2) is 4.82. The minimum atomic E-state index is -0.295. The van der Waals surface area contributed by atoms with E-state index in [0.29, 0.717) is 28.4 Å². The van der Waals surface area contributed by atoms with E-state index in [1.165, 1.54) is 31.4 Å². The highest BCUT2D eigenvalue weighted by Crippen LogP contribution is 2.28. The monoisotopic (exact) mass is 310 g/mol. The third-order valence-electron chi connectivity index (χ3n) is 2.90. The number of benzene rings is 1. The number of nitrogens with one attached hydrogen (secondary N) is 1. The molecule has 2 aromatic rings. The van der Waals surface area contributed by atoms with Gasteiger partial charge in [-0.25, -0.2) is 9.37 Å². The van der Waals surface area contributed by atoms with Crippen molar-refractivity contribution in [2.24, 2.45) is 0 Å². The Morgan fingerprint density at radius 3 is 2.94 bits per heavy atom. The van der Waals surface area contributed by atoms with Crippen molar-refractivity contribution in [1.29, 1.82) is 0 Å². The summed E-state index contributed by atoms with van der Waals surface area (Å²) in [5.41, 5.74) is 1.52. The van der Waals surface area contributed by atoms with Crippen LogP contribution in [0.4, 0.5) is 4.39 Å². The lowest BCUT2D eigenvalue weighted by Crippen LogP contribution is -2.15. The minimum absolute atomic E-state index is 0.295. The fraction of sp³-hybridized carbons (Fsp3) is 0.308. The Labute approximate surface area is 113 Å². The van der Waals surface area contributed by atoms with Crippen molar-refractivity contribution >= 4 is 15.9 Å². The van der Waals surface area contributed by atoms with Gasteiger partial charge < -0.3 is 9.73 Å². The van der Waals surface area contributed by atoms with E-state index in [1.54, 1.807) is 0 Å². The molecule has 3 rings (SSSR count). The van der Waals surface area contributed by atoms with Crippen LogP contribution in [-0.4, -0.2) is 11.0 Å². The maximum absolute atomic E-state index is 13.4. The third kappa shape index (κ3) is 2.62. The standard InChI is InChI=1S/C13H12BrFN2O/c14-9-3-8(4-10(15)5-9)13-12(17-7-18-13)6-16-11-1-2-11/h3-5,7,11,16H,1-2,6H2. The van der Waals surface area contributed by atoms with Crippen LogP contribution in [0.3, 0.4) is 0 Å². The molecule has 1 heterocycles. The molecule has 5 heteroatoms. The third-order valence-corrected chi connectivity index (χ3v) is 3.36. The van der Waals surface area contributed by atoms with Gasteiger partial charge in [-0.15, -0.1) is 0 Å². The van der Waals surface area contributed by atoms with Gasteiger partial charge in [0.25, 0.3) is 0 Å². The van der Waals surface area contributed by atoms with Crippen LogP contribution in [0, 0.1) is 5.82 Å². The van der Waals surface area contributed by atoms with Crippen molar-refractivity contribution < 1.29 is 8.81 Å². The Morgan fingerprint density at radius 1 is 1.39 bits per heavy atom. The highest BCUT2D eigenvalue weighted by atomic mass is 79.9. The van der Waals surface area contributed by atoms with Gasteiger partial charge in [-0.3, -0.25) is 0 Å². The summed E-state index contributed by atoms with van der Waals surface area (Å²) in [6, 6.07) is 5.30. The molecular formula is C13H12BrFN2O. The molecular weight excluding hydrogens is 299 g/mol. The zero-order valence-corrected chi connectivity index (χ0v) is 11.2. The number of hydrogen-bond donors (Lipinski definition) is 1. The second-order valence-electron chi connectivity index (χ2n) is 4.44. The molecule has 0 saturated heterocycles. The molecule has 1 saturated carbocycles. The average Bonchev–Trinajstić information content (AvgIpc) is 3.02. The van der Waals surface area contributed by atoms with Crippen molar-refractivity contribution in [3.63, 3.8) is 0 Å². The Hall–Kier alpha value is -1.20. The van der Waals surface area contributed by atoms with Crippen LogP contribution >= 0.6 is 15.9 Å². The maximum atomic E-state index is 13.4. The average molecular weight is 311 g/mol. The number of rotatable bonds is 4. The summed E-state index contributed by atoms with van der Waals surface area (Å²) in [7, 11) is 0. The first-order valence-corrected chi connectivity index (χ1v) is 6.64. The number of halogens is 2. The smallest absolute Gasteiger partial charge is 0.181 e. The number of oxazole rings is 1. The van der Waals surface area contributed by atoms with Crippen molar-refractivity contribution in [3.8, 4) is 11.3 Å². The molecule has 1 N–H and O–H groups in total. The van der Waals surface area contributed by atoms with Crippen LogP contribution in [0.2, 0.25) is 0 Å². The summed E-state index contributed by atoms with van der Waals surface area (Å²) in [6.45, 7) is 0.657. The number of hydrogen-bond acceptors (Lipinski definition) is 3. The lowest BCUT2D eigenvalue weighted by atomic mass is 10.1. The molecule has 0 unspecified atom stereocenters. The maximum Gasteiger partial charge on any atom is 0.181 e. The van der Waals surface area contributed by atoms with Crippen LogP contribution in [0.25, 0.3) is 11.3 Å². The van der Waals surface area contributed by atoms with Gasteiger partial charge in [-0.1, -0.05) is 15.9 Å². The minimum Gasteiger partial charge on any atom is -0.443 e. The van der Waals surface area contributed by atoms with Crippen LogP contribution in [0.1, 0.15) is 18.5 Å². The van der Waals surface area contributed by atoms with Crippen molar-refractivity contribution in [2.75, 3.05) is 0 Å². The summed E-state index contributed by atoms with van der Waals surface area (Å²) in [5, 5.41) is 3.37. The van der Waals surface area contributed by atoms with Crippen molar-refractivity contribution in [3.05, 3.63) is 40.6 Å². The van der Waals surface area contributed by atoms with Gasteiger partial charge in [-0.05, 0) is 31.0 Å². The molecule has 0 atom stereocenters. The fourth-order valence-corrected chi connectivity index (χ4v) is 2.31. The molecule has 0 spiro atoms. The van der Waals surface area contributed by atoms with Gasteiger partial charge in [0, 0.05) is 22.6 Å². The summed E-state index contributed by atoms with van der Waals surface area (Å²) in [4.78, 5) is 4.18. The van der Waals surface area contributed by atoms with E-state index in [2.05, 4.69) is 26.2 Å².